The van der Waals surface area contributed by atoms with Gasteiger partial charge in [-0.15, -0.1) is 11.8 Å². The molecule has 0 heterocycles. The number of nitriles is 2. The Balaban J connectivity index is 5.76. The van der Waals surface area contributed by atoms with Gasteiger partial charge in [-0.25, -0.2) is 0 Å². The minimum Gasteiger partial charge on any atom is -0.197 e. The summed E-state index contributed by atoms with van der Waals surface area (Å²) in [5.74, 6) is -4.01. The second-order valence-electron chi connectivity index (χ2n) is 3.52. The molecular weight excluding hydrogens is 294 g/mol. The van der Waals surface area contributed by atoms with Gasteiger partial charge in [-0.05, 0) is 18.1 Å². The SMILES string of the molecule is CS/C=C/CC(C#N)(C#N)C(C(F)(F)F)C(F)(F)F. The van der Waals surface area contributed by atoms with Crippen LogP contribution in [0.2, 0.25) is 0 Å². The summed E-state index contributed by atoms with van der Waals surface area (Å²) >= 11 is 1.03. The maximum atomic E-state index is 12.5. The van der Waals surface area contributed by atoms with Gasteiger partial charge in [0.1, 0.15) is 0 Å². The van der Waals surface area contributed by atoms with Crippen LogP contribution in [0.25, 0.3) is 0 Å². The van der Waals surface area contributed by atoms with Crippen molar-refractivity contribution < 1.29 is 26.3 Å². The number of alkyl halides is 6. The highest BCUT2D eigenvalue weighted by molar-refractivity contribution is 8.01. The van der Waals surface area contributed by atoms with E-state index in [-0.39, 0.29) is 0 Å². The van der Waals surface area contributed by atoms with Crippen LogP contribution >= 0.6 is 11.8 Å². The Morgan fingerprint density at radius 3 is 1.74 bits per heavy atom. The van der Waals surface area contributed by atoms with Crippen LogP contribution in [0, 0.1) is 34.0 Å². The van der Waals surface area contributed by atoms with Gasteiger partial charge >= 0.3 is 12.4 Å². The van der Waals surface area contributed by atoms with E-state index in [4.69, 9.17) is 10.5 Å². The number of allylic oxidation sites excluding steroid dienone is 1. The third-order valence-corrected chi connectivity index (χ3v) is 2.68. The largest absolute Gasteiger partial charge is 0.403 e. The predicted molar refractivity (Wildman–Crippen MR) is 56.5 cm³/mol. The molecular formula is C10H8F6N2S. The predicted octanol–water partition coefficient (Wildman–Crippen LogP) is 4.03. The van der Waals surface area contributed by atoms with Crippen LogP contribution in [-0.4, -0.2) is 18.6 Å². The smallest absolute Gasteiger partial charge is 0.197 e. The third kappa shape index (κ3) is 4.35. The van der Waals surface area contributed by atoms with E-state index in [0.717, 1.165) is 30.0 Å². The molecule has 0 aromatic rings. The molecule has 0 unspecified atom stereocenters. The van der Waals surface area contributed by atoms with Gasteiger partial charge in [-0.3, -0.25) is 0 Å². The molecule has 0 atom stereocenters. The fourth-order valence-corrected chi connectivity index (χ4v) is 1.73. The molecule has 0 aliphatic heterocycles. The molecule has 0 fully saturated rings. The lowest BCUT2D eigenvalue weighted by atomic mass is 9.74. The molecule has 0 aliphatic rings. The van der Waals surface area contributed by atoms with Crippen LogP contribution in [-0.2, 0) is 0 Å². The first-order valence-electron chi connectivity index (χ1n) is 4.69. The highest BCUT2D eigenvalue weighted by Crippen LogP contribution is 2.50. The Kier molecular flexibility index (Phi) is 5.76. The first-order valence-corrected chi connectivity index (χ1v) is 5.97. The van der Waals surface area contributed by atoms with Gasteiger partial charge in [0.15, 0.2) is 11.3 Å². The molecule has 0 saturated carbocycles. The Morgan fingerprint density at radius 1 is 1.05 bits per heavy atom. The van der Waals surface area contributed by atoms with E-state index in [9.17, 15) is 26.3 Å². The molecule has 0 aliphatic carbocycles. The number of rotatable bonds is 4. The molecule has 0 N–H and O–H groups in total. The Morgan fingerprint density at radius 2 is 1.47 bits per heavy atom. The molecule has 0 rings (SSSR count). The summed E-state index contributed by atoms with van der Waals surface area (Å²) in [4.78, 5) is 0. The Bertz CT molecular complexity index is 384. The van der Waals surface area contributed by atoms with Crippen molar-refractivity contribution in [3.05, 3.63) is 11.5 Å². The summed E-state index contributed by atoms with van der Waals surface area (Å²) in [5.41, 5.74) is -3.22. The highest BCUT2D eigenvalue weighted by atomic mass is 32.2. The standard InChI is InChI=1S/C10H8F6N2S/c1-19-4-2-3-8(5-17,6-18)7(9(11,12)13)10(14,15)16/h2,4,7H,3H2,1H3/b4-2+. The lowest BCUT2D eigenvalue weighted by Gasteiger charge is -2.31. The van der Waals surface area contributed by atoms with Crippen molar-refractivity contribution in [2.24, 2.45) is 11.3 Å². The van der Waals surface area contributed by atoms with Gasteiger partial charge in [0.25, 0.3) is 0 Å². The zero-order valence-corrected chi connectivity index (χ0v) is 10.3. The number of hydrogen-bond acceptors (Lipinski definition) is 3. The summed E-state index contributed by atoms with van der Waals surface area (Å²) in [7, 11) is 0. The average molecular weight is 302 g/mol. The molecule has 0 aromatic heterocycles. The molecule has 106 valence electrons. The fraction of sp³-hybridized carbons (Fsp3) is 0.600. The monoisotopic (exact) mass is 302 g/mol. The number of thioether (sulfide) groups is 1. The number of halogens is 6. The fourth-order valence-electron chi connectivity index (χ4n) is 1.44. The Labute approximate surface area is 109 Å². The van der Waals surface area contributed by atoms with Crippen molar-refractivity contribution in [3.63, 3.8) is 0 Å². The summed E-state index contributed by atoms with van der Waals surface area (Å²) in [6.45, 7) is 0. The van der Waals surface area contributed by atoms with Crippen molar-refractivity contribution in [1.29, 1.82) is 10.5 Å². The van der Waals surface area contributed by atoms with Gasteiger partial charge < -0.3 is 0 Å². The van der Waals surface area contributed by atoms with Crippen molar-refractivity contribution in [1.82, 2.24) is 0 Å². The first-order chi connectivity index (χ1) is 8.55. The normalized spacial score (nSPS) is 13.6. The average Bonchev–Trinajstić information content (AvgIpc) is 2.24. The molecule has 0 amide bonds. The molecule has 19 heavy (non-hydrogen) atoms. The maximum Gasteiger partial charge on any atom is 0.403 e. The van der Waals surface area contributed by atoms with E-state index in [2.05, 4.69) is 0 Å². The zero-order chi connectivity index (χ0) is 15.3. The lowest BCUT2D eigenvalue weighted by Crippen LogP contribution is -2.47. The molecule has 0 radical (unpaired) electrons. The first kappa shape index (κ1) is 17.6. The minimum absolute atomic E-state index is 0.876. The molecule has 0 bridgehead atoms. The summed E-state index contributed by atoms with van der Waals surface area (Å²) < 4.78 is 75.3. The molecule has 0 aromatic carbocycles. The van der Waals surface area contributed by atoms with E-state index in [1.165, 1.54) is 11.7 Å². The molecule has 9 heteroatoms. The molecule has 0 saturated heterocycles. The van der Waals surface area contributed by atoms with Crippen molar-refractivity contribution in [3.8, 4) is 12.1 Å². The van der Waals surface area contributed by atoms with Crippen LogP contribution in [0.5, 0.6) is 0 Å². The zero-order valence-electron chi connectivity index (χ0n) is 9.51. The van der Waals surface area contributed by atoms with Gasteiger partial charge in [0.05, 0.1) is 12.1 Å². The second kappa shape index (κ2) is 6.20. The minimum atomic E-state index is -5.73. The quantitative estimate of drug-likeness (QED) is 0.737. The lowest BCUT2D eigenvalue weighted by molar-refractivity contribution is -0.302. The van der Waals surface area contributed by atoms with Crippen LogP contribution in [0.15, 0.2) is 11.5 Å². The van der Waals surface area contributed by atoms with E-state index < -0.39 is 30.1 Å². The summed E-state index contributed by atoms with van der Waals surface area (Å²) in [5, 5.41) is 18.5. The topological polar surface area (TPSA) is 47.6 Å². The summed E-state index contributed by atoms with van der Waals surface area (Å²) in [6, 6.07) is 1.75. The van der Waals surface area contributed by atoms with Gasteiger partial charge in [-0.2, -0.15) is 36.9 Å². The van der Waals surface area contributed by atoms with E-state index >= 15 is 0 Å². The van der Waals surface area contributed by atoms with Crippen LogP contribution in [0.3, 0.4) is 0 Å². The van der Waals surface area contributed by atoms with Gasteiger partial charge in [0.2, 0.25) is 0 Å². The van der Waals surface area contributed by atoms with Crippen molar-refractivity contribution in [2.45, 2.75) is 18.8 Å². The van der Waals surface area contributed by atoms with Crippen molar-refractivity contribution in [2.75, 3.05) is 6.26 Å². The molecule has 2 nitrogen and oxygen atoms in total. The van der Waals surface area contributed by atoms with Gasteiger partial charge in [-0.1, -0.05) is 6.08 Å². The number of hydrogen-bond donors (Lipinski definition) is 0. The maximum absolute atomic E-state index is 12.5. The van der Waals surface area contributed by atoms with Crippen LogP contribution in [0.1, 0.15) is 6.42 Å². The Hall–Kier alpha value is -1.35. The van der Waals surface area contributed by atoms with Crippen LogP contribution < -0.4 is 0 Å². The van der Waals surface area contributed by atoms with Crippen molar-refractivity contribution >= 4 is 11.8 Å². The van der Waals surface area contributed by atoms with Gasteiger partial charge in [0, 0.05) is 0 Å². The second-order valence-corrected chi connectivity index (χ2v) is 4.27. The van der Waals surface area contributed by atoms with E-state index in [1.54, 1.807) is 0 Å². The van der Waals surface area contributed by atoms with Crippen LogP contribution in [0.4, 0.5) is 26.3 Å². The van der Waals surface area contributed by atoms with E-state index in [1.807, 2.05) is 0 Å². The third-order valence-electron chi connectivity index (χ3n) is 2.22. The number of nitrogens with zero attached hydrogens (tertiary/aromatic N) is 2. The summed E-state index contributed by atoms with van der Waals surface area (Å²) in [6.07, 6.45) is -9.93. The highest BCUT2D eigenvalue weighted by Gasteiger charge is 2.67. The molecule has 0 spiro atoms. The van der Waals surface area contributed by atoms with E-state index in [0.29, 0.717) is 0 Å².